The van der Waals surface area contributed by atoms with Crippen LogP contribution in [-0.4, -0.2) is 36.6 Å². The number of nitrogens with zero attached hydrogens (tertiary/aromatic N) is 4. The Balaban J connectivity index is 2.23. The van der Waals surface area contributed by atoms with E-state index in [1.54, 1.807) is 32.4 Å². The Morgan fingerprint density at radius 1 is 1.29 bits per heavy atom. The first-order valence-electron chi connectivity index (χ1n) is 5.82. The lowest BCUT2D eigenvalue weighted by Gasteiger charge is -2.06. The molecule has 0 amide bonds. The van der Waals surface area contributed by atoms with Crippen molar-refractivity contribution in [2.24, 2.45) is 15.9 Å². The van der Waals surface area contributed by atoms with Crippen LogP contribution < -0.4 is 20.9 Å². The highest BCUT2D eigenvalue weighted by Gasteiger charge is 2.10. The van der Waals surface area contributed by atoms with Gasteiger partial charge in [-0.05, 0) is 28.5 Å². The fraction of sp³-hybridized carbons (Fsp3) is 0.167. The quantitative estimate of drug-likeness (QED) is 0.462. The molecule has 2 rings (SSSR count). The second kappa shape index (κ2) is 6.37. The fourth-order valence-corrected chi connectivity index (χ4v) is 1.51. The largest absolute Gasteiger partial charge is 0.497 e. The van der Waals surface area contributed by atoms with Crippen LogP contribution in [0, 0.1) is 0 Å². The van der Waals surface area contributed by atoms with E-state index in [1.807, 2.05) is 0 Å². The zero-order valence-electron chi connectivity index (χ0n) is 11.5. The average Bonchev–Trinajstić information content (AvgIpc) is 2.93. The molecule has 0 aliphatic carbocycles. The third-order valence-electron chi connectivity index (χ3n) is 2.56. The second-order valence-electron chi connectivity index (χ2n) is 3.84. The molecule has 0 aliphatic rings. The third kappa shape index (κ3) is 3.26. The van der Waals surface area contributed by atoms with E-state index in [9.17, 15) is 0 Å². The van der Waals surface area contributed by atoms with Crippen LogP contribution in [0.3, 0.4) is 0 Å². The van der Waals surface area contributed by atoms with Gasteiger partial charge in [-0.25, -0.2) is 4.63 Å². The molecule has 21 heavy (non-hydrogen) atoms. The molecule has 4 N–H and O–H groups in total. The molecule has 1 aromatic carbocycles. The summed E-state index contributed by atoms with van der Waals surface area (Å²) in [6, 6.07) is 5.28. The van der Waals surface area contributed by atoms with Gasteiger partial charge in [0, 0.05) is 5.56 Å². The number of benzene rings is 1. The second-order valence-corrected chi connectivity index (χ2v) is 3.84. The average molecular weight is 290 g/mol. The summed E-state index contributed by atoms with van der Waals surface area (Å²) < 4.78 is 14.8. The Bertz CT molecular complexity index is 679. The molecule has 1 heterocycles. The van der Waals surface area contributed by atoms with Gasteiger partial charge in [-0.2, -0.15) is 5.10 Å². The molecule has 9 heteroatoms. The zero-order valence-corrected chi connectivity index (χ0v) is 11.5. The number of hydrogen-bond acceptors (Lipinski definition) is 8. The predicted octanol–water partition coefficient (Wildman–Crippen LogP) is 0.408. The molecule has 0 unspecified atom stereocenters. The summed E-state index contributed by atoms with van der Waals surface area (Å²) in [5.74, 6) is 1.33. The molecule has 0 bridgehead atoms. The Morgan fingerprint density at radius 3 is 2.71 bits per heavy atom. The van der Waals surface area contributed by atoms with Crippen molar-refractivity contribution in [2.75, 3.05) is 20.0 Å². The van der Waals surface area contributed by atoms with E-state index in [1.165, 1.54) is 6.21 Å². The summed E-state index contributed by atoms with van der Waals surface area (Å²) in [5, 5.41) is 14.6. The van der Waals surface area contributed by atoms with Gasteiger partial charge in [-0.1, -0.05) is 0 Å². The van der Waals surface area contributed by atoms with Crippen LogP contribution in [0.25, 0.3) is 0 Å². The number of ether oxygens (including phenoxy) is 2. The van der Waals surface area contributed by atoms with Crippen molar-refractivity contribution >= 4 is 17.9 Å². The summed E-state index contributed by atoms with van der Waals surface area (Å²) in [4.78, 5) is 0. The molecule has 9 nitrogen and oxygen atoms in total. The Labute approximate surface area is 120 Å². The van der Waals surface area contributed by atoms with E-state index < -0.39 is 0 Å². The van der Waals surface area contributed by atoms with Crippen molar-refractivity contribution < 1.29 is 14.1 Å². The van der Waals surface area contributed by atoms with E-state index in [-0.39, 0.29) is 17.3 Å². The van der Waals surface area contributed by atoms with E-state index in [0.29, 0.717) is 17.1 Å². The van der Waals surface area contributed by atoms with Gasteiger partial charge in [-0.15, -0.1) is 5.10 Å². The zero-order chi connectivity index (χ0) is 15.2. The third-order valence-corrected chi connectivity index (χ3v) is 2.56. The lowest BCUT2D eigenvalue weighted by atomic mass is 10.2. The van der Waals surface area contributed by atoms with Crippen molar-refractivity contribution in [3.05, 3.63) is 29.5 Å². The molecule has 2 aromatic rings. The minimum atomic E-state index is -0.00753. The topological polar surface area (TPSA) is 134 Å². The van der Waals surface area contributed by atoms with Gasteiger partial charge in [0.2, 0.25) is 0 Å². The van der Waals surface area contributed by atoms with Crippen LogP contribution in [0.5, 0.6) is 11.5 Å². The number of methoxy groups -OCH3 is 2. The van der Waals surface area contributed by atoms with Crippen molar-refractivity contribution in [1.29, 1.82) is 0 Å². The molecular formula is C12H14N6O3. The van der Waals surface area contributed by atoms with Crippen LogP contribution in [-0.2, 0) is 0 Å². The number of nitrogen functional groups attached to an aromatic ring is 1. The number of nitrogens with two attached hydrogens (primary N) is 2. The highest BCUT2D eigenvalue weighted by molar-refractivity contribution is 5.99. The summed E-state index contributed by atoms with van der Waals surface area (Å²) in [6.07, 6.45) is 1.47. The van der Waals surface area contributed by atoms with E-state index in [0.717, 1.165) is 0 Å². The van der Waals surface area contributed by atoms with Crippen molar-refractivity contribution in [3.8, 4) is 11.5 Å². The first kappa shape index (κ1) is 14.3. The lowest BCUT2D eigenvalue weighted by molar-refractivity contribution is 0.308. The maximum atomic E-state index is 5.67. The Morgan fingerprint density at radius 2 is 2.10 bits per heavy atom. The van der Waals surface area contributed by atoms with Crippen molar-refractivity contribution in [3.63, 3.8) is 0 Å². The van der Waals surface area contributed by atoms with E-state index in [2.05, 4.69) is 25.1 Å². The summed E-state index contributed by atoms with van der Waals surface area (Å²) in [6.45, 7) is 0. The van der Waals surface area contributed by atoms with Crippen molar-refractivity contribution in [2.45, 2.75) is 0 Å². The first-order chi connectivity index (χ1) is 10.2. The smallest absolute Gasteiger partial charge is 0.199 e. The van der Waals surface area contributed by atoms with Gasteiger partial charge < -0.3 is 20.9 Å². The van der Waals surface area contributed by atoms with Gasteiger partial charge in [0.15, 0.2) is 17.3 Å². The van der Waals surface area contributed by atoms with Crippen LogP contribution in [0.15, 0.2) is 33.0 Å². The van der Waals surface area contributed by atoms with E-state index >= 15 is 0 Å². The van der Waals surface area contributed by atoms with Crippen molar-refractivity contribution in [1.82, 2.24) is 10.3 Å². The van der Waals surface area contributed by atoms with Gasteiger partial charge >= 0.3 is 0 Å². The molecule has 0 atom stereocenters. The maximum absolute atomic E-state index is 5.67. The molecule has 0 saturated carbocycles. The molecule has 0 fully saturated rings. The Hall–Kier alpha value is -3.10. The molecule has 1 aromatic heterocycles. The number of hydrogen-bond donors (Lipinski definition) is 2. The summed E-state index contributed by atoms with van der Waals surface area (Å²) in [7, 11) is 3.12. The lowest BCUT2D eigenvalue weighted by Crippen LogP contribution is -2.15. The highest BCUT2D eigenvalue weighted by atomic mass is 16.6. The minimum absolute atomic E-state index is 0.00753. The molecule has 110 valence electrons. The highest BCUT2D eigenvalue weighted by Crippen LogP contribution is 2.22. The summed E-state index contributed by atoms with van der Waals surface area (Å²) in [5.41, 5.74) is 12.0. The molecule has 0 aliphatic heterocycles. The standard InChI is InChI=1S/C12H14N6O3/c1-19-8-3-4-9(20-2)7(5-8)6-15-16-11(13)10-12(14)18-21-17-10/h3-6H,1-2H3,(H2,13,16)(H2,14,18)/b15-6-. The first-order valence-corrected chi connectivity index (χ1v) is 5.82. The van der Waals surface area contributed by atoms with Crippen LogP contribution in [0.1, 0.15) is 11.3 Å². The molecule has 0 saturated heterocycles. The molecule has 0 spiro atoms. The minimum Gasteiger partial charge on any atom is -0.497 e. The Kier molecular flexibility index (Phi) is 4.34. The number of rotatable bonds is 5. The predicted molar refractivity (Wildman–Crippen MR) is 76.6 cm³/mol. The van der Waals surface area contributed by atoms with Crippen LogP contribution in [0.2, 0.25) is 0 Å². The number of aromatic nitrogens is 2. The number of anilines is 1. The monoisotopic (exact) mass is 290 g/mol. The van der Waals surface area contributed by atoms with Gasteiger partial charge in [0.25, 0.3) is 0 Å². The SMILES string of the molecule is COc1ccc(OC)c(/C=N\N=C(N)c2nonc2N)c1. The van der Waals surface area contributed by atoms with Gasteiger partial charge in [0.05, 0.1) is 20.4 Å². The summed E-state index contributed by atoms with van der Waals surface area (Å²) >= 11 is 0. The maximum Gasteiger partial charge on any atom is 0.199 e. The van der Waals surface area contributed by atoms with Gasteiger partial charge in [-0.3, -0.25) is 0 Å². The normalized spacial score (nSPS) is 11.8. The molecular weight excluding hydrogens is 276 g/mol. The van der Waals surface area contributed by atoms with Crippen LogP contribution in [0.4, 0.5) is 5.82 Å². The van der Waals surface area contributed by atoms with Crippen LogP contribution >= 0.6 is 0 Å². The van der Waals surface area contributed by atoms with E-state index in [4.69, 9.17) is 20.9 Å². The number of amidine groups is 1. The fourth-order valence-electron chi connectivity index (χ4n) is 1.51. The molecule has 0 radical (unpaired) electrons. The van der Waals surface area contributed by atoms with Gasteiger partial charge in [0.1, 0.15) is 11.5 Å².